The van der Waals surface area contributed by atoms with Crippen molar-refractivity contribution in [3.63, 3.8) is 0 Å². The average molecular weight is 273 g/mol. The van der Waals surface area contributed by atoms with Crippen LogP contribution in [0.4, 0.5) is 11.4 Å². The fourth-order valence-electron chi connectivity index (χ4n) is 2.16. The number of morpholine rings is 1. The van der Waals surface area contributed by atoms with E-state index in [1.54, 1.807) is 0 Å². The van der Waals surface area contributed by atoms with Crippen LogP contribution in [0.2, 0.25) is 0 Å². The summed E-state index contributed by atoms with van der Waals surface area (Å²) in [7, 11) is 0. The predicted octanol–water partition coefficient (Wildman–Crippen LogP) is 0.894. The van der Waals surface area contributed by atoms with Crippen LogP contribution < -0.4 is 10.2 Å². The molecule has 20 heavy (non-hydrogen) atoms. The van der Waals surface area contributed by atoms with Crippen molar-refractivity contribution in [3.05, 3.63) is 36.2 Å². The van der Waals surface area contributed by atoms with Crippen LogP contribution >= 0.6 is 0 Å². The molecule has 1 amide bonds. The van der Waals surface area contributed by atoms with Gasteiger partial charge in [0.1, 0.15) is 0 Å². The Bertz CT molecular complexity index is 578. The highest BCUT2D eigenvalue weighted by atomic mass is 16.5. The summed E-state index contributed by atoms with van der Waals surface area (Å²) in [5, 5.41) is 12.7. The minimum Gasteiger partial charge on any atom is -0.378 e. The lowest BCUT2D eigenvalue weighted by atomic mass is 10.2. The summed E-state index contributed by atoms with van der Waals surface area (Å²) in [5.41, 5.74) is 2.02. The number of aromatic nitrogens is 3. The highest BCUT2D eigenvalue weighted by Gasteiger charge is 2.16. The van der Waals surface area contributed by atoms with E-state index in [4.69, 9.17) is 4.74 Å². The van der Waals surface area contributed by atoms with Crippen LogP contribution in [0.15, 0.2) is 30.5 Å². The van der Waals surface area contributed by atoms with Gasteiger partial charge >= 0.3 is 0 Å². The summed E-state index contributed by atoms with van der Waals surface area (Å²) < 4.78 is 5.35. The largest absolute Gasteiger partial charge is 0.378 e. The molecule has 0 unspecified atom stereocenters. The maximum absolute atomic E-state index is 12.0. The monoisotopic (exact) mass is 273 g/mol. The fourth-order valence-corrected chi connectivity index (χ4v) is 2.16. The van der Waals surface area contributed by atoms with Crippen molar-refractivity contribution in [2.45, 2.75) is 0 Å². The van der Waals surface area contributed by atoms with E-state index in [9.17, 15) is 4.79 Å². The van der Waals surface area contributed by atoms with E-state index >= 15 is 0 Å². The number of rotatable bonds is 3. The van der Waals surface area contributed by atoms with Crippen LogP contribution in [0.1, 0.15) is 10.5 Å². The standard InChI is InChI=1S/C13H15N5O2/c19-13(11-9-14-17-16-11)15-10-3-1-2-4-12(10)18-5-7-20-8-6-18/h1-4,9H,5-8H2,(H,15,19)(H,14,16,17). The van der Waals surface area contributed by atoms with Gasteiger partial charge in [-0.25, -0.2) is 0 Å². The van der Waals surface area contributed by atoms with Gasteiger partial charge in [0.25, 0.3) is 5.91 Å². The average Bonchev–Trinajstić information content (AvgIpc) is 3.03. The number of benzene rings is 1. The topological polar surface area (TPSA) is 83.1 Å². The van der Waals surface area contributed by atoms with Crippen molar-refractivity contribution in [2.75, 3.05) is 36.5 Å². The lowest BCUT2D eigenvalue weighted by molar-refractivity contribution is 0.102. The quantitative estimate of drug-likeness (QED) is 0.868. The minimum atomic E-state index is -0.278. The first-order chi connectivity index (χ1) is 9.84. The molecular formula is C13H15N5O2. The maximum Gasteiger partial charge on any atom is 0.277 e. The number of hydrogen-bond acceptors (Lipinski definition) is 5. The number of nitrogens with zero attached hydrogens (tertiary/aromatic N) is 3. The predicted molar refractivity (Wildman–Crippen MR) is 73.8 cm³/mol. The molecule has 2 N–H and O–H groups in total. The van der Waals surface area contributed by atoms with Gasteiger partial charge in [0.15, 0.2) is 5.69 Å². The van der Waals surface area contributed by atoms with Gasteiger partial charge in [0, 0.05) is 13.1 Å². The molecule has 0 bridgehead atoms. The third-order valence-corrected chi connectivity index (χ3v) is 3.15. The highest BCUT2D eigenvalue weighted by Crippen LogP contribution is 2.26. The molecule has 0 aliphatic carbocycles. The van der Waals surface area contributed by atoms with Crippen molar-refractivity contribution < 1.29 is 9.53 Å². The minimum absolute atomic E-state index is 0.266. The Morgan fingerprint density at radius 3 is 2.85 bits per heavy atom. The molecule has 1 aliphatic heterocycles. The second kappa shape index (κ2) is 5.70. The van der Waals surface area contributed by atoms with Crippen LogP contribution in [-0.4, -0.2) is 47.6 Å². The molecule has 0 atom stereocenters. The van der Waals surface area contributed by atoms with Crippen LogP contribution in [0.3, 0.4) is 0 Å². The van der Waals surface area contributed by atoms with Crippen LogP contribution in [0, 0.1) is 0 Å². The Kier molecular flexibility index (Phi) is 3.60. The van der Waals surface area contributed by atoms with E-state index < -0.39 is 0 Å². The van der Waals surface area contributed by atoms with E-state index in [2.05, 4.69) is 25.6 Å². The molecular weight excluding hydrogens is 258 g/mol. The van der Waals surface area contributed by atoms with Gasteiger partial charge in [-0.3, -0.25) is 4.79 Å². The van der Waals surface area contributed by atoms with E-state index in [0.29, 0.717) is 13.2 Å². The Balaban J connectivity index is 1.80. The molecule has 0 saturated carbocycles. The molecule has 1 aromatic heterocycles. The smallest absolute Gasteiger partial charge is 0.277 e. The van der Waals surface area contributed by atoms with Crippen LogP contribution in [0.5, 0.6) is 0 Å². The van der Waals surface area contributed by atoms with Gasteiger partial charge in [0.05, 0.1) is 30.8 Å². The summed E-state index contributed by atoms with van der Waals surface area (Å²) >= 11 is 0. The van der Waals surface area contributed by atoms with Gasteiger partial charge < -0.3 is 15.0 Å². The number of para-hydroxylation sites is 2. The Morgan fingerprint density at radius 2 is 2.10 bits per heavy atom. The molecule has 7 heteroatoms. The van der Waals surface area contributed by atoms with Gasteiger partial charge in [0.2, 0.25) is 0 Å². The number of aromatic amines is 1. The number of anilines is 2. The highest BCUT2D eigenvalue weighted by molar-refractivity contribution is 6.04. The normalized spacial score (nSPS) is 15.1. The number of carbonyl (C=O) groups excluding carboxylic acids is 1. The zero-order chi connectivity index (χ0) is 13.8. The number of H-pyrrole nitrogens is 1. The molecule has 1 aromatic carbocycles. The maximum atomic E-state index is 12.0. The van der Waals surface area contributed by atoms with Gasteiger partial charge in [-0.1, -0.05) is 12.1 Å². The molecule has 104 valence electrons. The first kappa shape index (κ1) is 12.6. The summed E-state index contributed by atoms with van der Waals surface area (Å²) in [6.07, 6.45) is 1.40. The van der Waals surface area contributed by atoms with E-state index in [1.165, 1.54) is 6.20 Å². The Labute approximate surface area is 115 Å². The molecule has 0 spiro atoms. The van der Waals surface area contributed by atoms with Gasteiger partial charge in [-0.2, -0.15) is 15.4 Å². The number of nitrogens with one attached hydrogen (secondary N) is 2. The molecule has 1 aliphatic rings. The Morgan fingerprint density at radius 1 is 1.30 bits per heavy atom. The molecule has 7 nitrogen and oxygen atoms in total. The first-order valence-electron chi connectivity index (χ1n) is 6.43. The lowest BCUT2D eigenvalue weighted by Crippen LogP contribution is -2.36. The molecule has 1 saturated heterocycles. The first-order valence-corrected chi connectivity index (χ1v) is 6.43. The summed E-state index contributed by atoms with van der Waals surface area (Å²) in [5.74, 6) is -0.278. The molecule has 0 radical (unpaired) electrons. The van der Waals surface area contributed by atoms with Crippen LogP contribution in [0.25, 0.3) is 0 Å². The van der Waals surface area contributed by atoms with E-state index in [1.807, 2.05) is 24.3 Å². The van der Waals surface area contributed by atoms with Crippen LogP contribution in [-0.2, 0) is 4.74 Å². The SMILES string of the molecule is O=C(Nc1ccccc1N1CCOCC1)c1cn[nH]n1. The van der Waals surface area contributed by atoms with Crippen molar-refractivity contribution in [1.29, 1.82) is 0 Å². The van der Waals surface area contributed by atoms with E-state index in [0.717, 1.165) is 24.5 Å². The van der Waals surface area contributed by atoms with Crippen molar-refractivity contribution in [1.82, 2.24) is 15.4 Å². The van der Waals surface area contributed by atoms with Gasteiger partial charge in [-0.05, 0) is 12.1 Å². The third kappa shape index (κ3) is 2.62. The second-order valence-corrected chi connectivity index (χ2v) is 4.43. The van der Waals surface area contributed by atoms with Crippen molar-refractivity contribution >= 4 is 17.3 Å². The summed E-state index contributed by atoms with van der Waals surface area (Å²) in [4.78, 5) is 14.2. The third-order valence-electron chi connectivity index (χ3n) is 3.15. The lowest BCUT2D eigenvalue weighted by Gasteiger charge is -2.30. The molecule has 3 rings (SSSR count). The van der Waals surface area contributed by atoms with Gasteiger partial charge in [-0.15, -0.1) is 0 Å². The zero-order valence-corrected chi connectivity index (χ0v) is 10.9. The zero-order valence-electron chi connectivity index (χ0n) is 10.9. The number of carbonyl (C=O) groups is 1. The second-order valence-electron chi connectivity index (χ2n) is 4.43. The fraction of sp³-hybridized carbons (Fsp3) is 0.308. The molecule has 1 fully saturated rings. The number of amides is 1. The summed E-state index contributed by atoms with van der Waals surface area (Å²) in [6.45, 7) is 3.03. The van der Waals surface area contributed by atoms with Crippen molar-refractivity contribution in [3.8, 4) is 0 Å². The summed E-state index contributed by atoms with van der Waals surface area (Å²) in [6, 6.07) is 7.71. The molecule has 2 heterocycles. The number of ether oxygens (including phenoxy) is 1. The Hall–Kier alpha value is -2.41. The molecule has 2 aromatic rings. The van der Waals surface area contributed by atoms with E-state index in [-0.39, 0.29) is 11.6 Å². The van der Waals surface area contributed by atoms with Crippen molar-refractivity contribution in [2.24, 2.45) is 0 Å². The number of hydrogen-bond donors (Lipinski definition) is 2.